The van der Waals surface area contributed by atoms with Gasteiger partial charge in [-0.3, -0.25) is 9.58 Å². The van der Waals surface area contributed by atoms with E-state index >= 15 is 0 Å². The van der Waals surface area contributed by atoms with Crippen LogP contribution < -0.4 is 10.2 Å². The molecule has 0 saturated carbocycles. The minimum Gasteiger partial charge on any atom is -0.443 e. The fourth-order valence-corrected chi connectivity index (χ4v) is 6.84. The van der Waals surface area contributed by atoms with E-state index < -0.39 is 25.4 Å². The summed E-state index contributed by atoms with van der Waals surface area (Å²) in [5.41, 5.74) is 3.62. The molecule has 1 atom stereocenters. The fraction of sp³-hybridized carbons (Fsp3) is 0.571. The van der Waals surface area contributed by atoms with Crippen molar-refractivity contribution in [2.75, 3.05) is 36.6 Å². The van der Waals surface area contributed by atoms with Crippen molar-refractivity contribution in [3.63, 3.8) is 0 Å². The molecule has 47 heavy (non-hydrogen) atoms. The van der Waals surface area contributed by atoms with Gasteiger partial charge in [-0.05, 0) is 82.4 Å². The molecule has 11 nitrogen and oxygen atoms in total. The minimum atomic E-state index is -2.13. The lowest BCUT2D eigenvalue weighted by atomic mass is 9.83. The summed E-state index contributed by atoms with van der Waals surface area (Å²) in [6.07, 6.45) is 5.08. The second kappa shape index (κ2) is 12.7. The van der Waals surface area contributed by atoms with E-state index in [-0.39, 0.29) is 5.04 Å². The van der Waals surface area contributed by atoms with Crippen LogP contribution in [0.3, 0.4) is 0 Å². The summed E-state index contributed by atoms with van der Waals surface area (Å²) in [6, 6.07) is 8.31. The number of carbonyl (C=O) groups is 1. The van der Waals surface area contributed by atoms with E-state index in [1.165, 1.54) is 0 Å². The van der Waals surface area contributed by atoms with Gasteiger partial charge in [-0.15, -0.1) is 0 Å². The summed E-state index contributed by atoms with van der Waals surface area (Å²) in [5, 5.41) is 18.5. The van der Waals surface area contributed by atoms with Gasteiger partial charge in [-0.1, -0.05) is 27.7 Å². The number of hydrogen-bond donors (Lipinski definition) is 1. The maximum Gasteiger partial charge on any atom is 0.414 e. The highest BCUT2D eigenvalue weighted by atomic mass is 28.4. The molecule has 2 aliphatic rings. The van der Waals surface area contributed by atoms with E-state index in [4.69, 9.17) is 24.0 Å². The Kier molecular flexibility index (Phi) is 9.31. The minimum absolute atomic E-state index is 0.0132. The predicted molar refractivity (Wildman–Crippen MR) is 186 cm³/mol. The molecule has 1 aromatic carbocycles. The molecular weight excluding hydrogens is 611 g/mol. The Morgan fingerprint density at radius 3 is 2.53 bits per heavy atom. The quantitative estimate of drug-likeness (QED) is 0.254. The van der Waals surface area contributed by atoms with E-state index in [1.807, 2.05) is 50.7 Å². The average molecular weight is 660 g/mol. The van der Waals surface area contributed by atoms with Gasteiger partial charge in [0.1, 0.15) is 11.7 Å². The molecule has 1 fully saturated rings. The number of nitrogens with zero attached hydrogens (tertiary/aromatic N) is 6. The van der Waals surface area contributed by atoms with Crippen molar-refractivity contribution < 1.29 is 18.7 Å². The third-order valence-corrected chi connectivity index (χ3v) is 14.0. The number of aryl methyl sites for hydroxylation is 1. The molecule has 0 unspecified atom stereocenters. The van der Waals surface area contributed by atoms with Crippen molar-refractivity contribution in [3.05, 3.63) is 47.4 Å². The summed E-state index contributed by atoms with van der Waals surface area (Å²) < 4.78 is 20.1. The van der Waals surface area contributed by atoms with Crippen molar-refractivity contribution in [2.24, 2.45) is 0 Å². The smallest absolute Gasteiger partial charge is 0.414 e. The lowest BCUT2D eigenvalue weighted by molar-refractivity contribution is 0.0575. The lowest BCUT2D eigenvalue weighted by Crippen LogP contribution is -2.46. The number of amides is 1. The number of benzene rings is 1. The molecule has 1 N–H and O–H groups in total. The van der Waals surface area contributed by atoms with Crippen LogP contribution in [0.15, 0.2) is 30.6 Å². The normalized spacial score (nSPS) is 19.0. The van der Waals surface area contributed by atoms with Gasteiger partial charge in [0.05, 0.1) is 34.4 Å². The number of aromatic nitrogens is 4. The van der Waals surface area contributed by atoms with Crippen LogP contribution in [0.4, 0.5) is 22.1 Å². The predicted octanol–water partition coefficient (Wildman–Crippen LogP) is 7.65. The number of anilines is 3. The van der Waals surface area contributed by atoms with Gasteiger partial charge in [-0.2, -0.15) is 10.4 Å². The Morgan fingerprint density at radius 2 is 1.89 bits per heavy atom. The zero-order valence-electron chi connectivity index (χ0n) is 29.5. The zero-order chi connectivity index (χ0) is 34.4. The topological polar surface area (TPSA) is 127 Å². The highest BCUT2D eigenvalue weighted by molar-refractivity contribution is 6.74. The van der Waals surface area contributed by atoms with Crippen LogP contribution in [0.2, 0.25) is 18.1 Å². The van der Waals surface area contributed by atoms with Crippen molar-refractivity contribution in [1.29, 1.82) is 5.26 Å². The number of ether oxygens (including phenoxy) is 2. The van der Waals surface area contributed by atoms with E-state index in [9.17, 15) is 10.1 Å². The van der Waals surface area contributed by atoms with E-state index in [1.54, 1.807) is 17.2 Å². The first-order valence-electron chi connectivity index (χ1n) is 16.4. The van der Waals surface area contributed by atoms with Crippen molar-refractivity contribution in [3.8, 4) is 17.3 Å². The number of fused-ring (bicyclic) bond motifs is 1. The molecule has 0 aliphatic carbocycles. The number of carbonyl (C=O) groups excluding carboxylic acids is 1. The first-order chi connectivity index (χ1) is 21.9. The second-order valence-electron chi connectivity index (χ2n) is 15.6. The number of nitriles is 1. The highest BCUT2D eigenvalue weighted by Crippen LogP contribution is 2.47. The summed E-state index contributed by atoms with van der Waals surface area (Å²) in [5.74, 6) is 0.426. The standard InChI is InChI=1S/C35H49N7O4Si/c1-23-29(20-42(40-23)26-12-15-44-16-13-26)39-31-37-14-11-28(38-31)24-17-25(19-36)30-27(18-24)35(8,22-45-47(9,10)34(5,6)7)21-41(30)32(43)46-33(2,3)4/h11,14,17-18,20,26H,12-13,15-16,21-22H2,1-10H3,(H,37,38,39)/t35-/m1/s1. The maximum absolute atomic E-state index is 13.6. The molecule has 252 valence electrons. The van der Waals surface area contributed by atoms with Crippen LogP contribution in [-0.2, 0) is 19.3 Å². The third kappa shape index (κ3) is 7.37. The lowest BCUT2D eigenvalue weighted by Gasteiger charge is -2.39. The molecule has 0 spiro atoms. The fourth-order valence-electron chi connectivity index (χ4n) is 5.73. The van der Waals surface area contributed by atoms with Gasteiger partial charge in [0.15, 0.2) is 8.32 Å². The van der Waals surface area contributed by atoms with Gasteiger partial charge < -0.3 is 19.2 Å². The molecule has 4 heterocycles. The second-order valence-corrected chi connectivity index (χ2v) is 20.4. The molecule has 5 rings (SSSR count). The molecule has 1 saturated heterocycles. The van der Waals surface area contributed by atoms with Gasteiger partial charge in [0.25, 0.3) is 0 Å². The molecule has 0 bridgehead atoms. The Morgan fingerprint density at radius 1 is 1.19 bits per heavy atom. The molecule has 2 aliphatic heterocycles. The summed E-state index contributed by atoms with van der Waals surface area (Å²) >= 11 is 0. The summed E-state index contributed by atoms with van der Waals surface area (Å²) in [7, 11) is -2.13. The molecule has 3 aromatic rings. The van der Waals surface area contributed by atoms with Crippen molar-refractivity contribution in [1.82, 2.24) is 19.7 Å². The van der Waals surface area contributed by atoms with E-state index in [0.29, 0.717) is 42.1 Å². The van der Waals surface area contributed by atoms with Gasteiger partial charge >= 0.3 is 6.09 Å². The molecular formula is C35H49N7O4Si. The average Bonchev–Trinajstić information content (AvgIpc) is 3.52. The highest BCUT2D eigenvalue weighted by Gasteiger charge is 2.47. The largest absolute Gasteiger partial charge is 0.443 e. The molecule has 12 heteroatoms. The van der Waals surface area contributed by atoms with Crippen LogP contribution in [0.5, 0.6) is 0 Å². The summed E-state index contributed by atoms with van der Waals surface area (Å²) in [4.78, 5) is 24.5. The molecule has 2 aromatic heterocycles. The van der Waals surface area contributed by atoms with Crippen LogP contribution in [0.25, 0.3) is 11.3 Å². The number of rotatable bonds is 7. The number of nitrogens with one attached hydrogen (secondary N) is 1. The maximum atomic E-state index is 13.6. The summed E-state index contributed by atoms with van der Waals surface area (Å²) in [6.45, 7) is 22.9. The van der Waals surface area contributed by atoms with E-state index in [2.05, 4.69) is 57.2 Å². The Hall–Kier alpha value is -3.79. The van der Waals surface area contributed by atoms with Crippen molar-refractivity contribution >= 4 is 31.7 Å². The Bertz CT molecular complexity index is 1680. The zero-order valence-corrected chi connectivity index (χ0v) is 30.5. The van der Waals surface area contributed by atoms with E-state index in [0.717, 1.165) is 48.6 Å². The first kappa shape index (κ1) is 34.5. The number of hydrogen-bond acceptors (Lipinski definition) is 9. The third-order valence-electron chi connectivity index (χ3n) is 9.51. The van der Waals surface area contributed by atoms with Crippen LogP contribution in [-0.4, -0.2) is 66.1 Å². The molecule has 1 amide bonds. The van der Waals surface area contributed by atoms with Gasteiger partial charge in [0.2, 0.25) is 5.95 Å². The van der Waals surface area contributed by atoms with Crippen LogP contribution in [0, 0.1) is 18.3 Å². The van der Waals surface area contributed by atoms with Crippen LogP contribution in [0.1, 0.15) is 84.2 Å². The van der Waals surface area contributed by atoms with Gasteiger partial charge in [-0.25, -0.2) is 14.8 Å². The van der Waals surface area contributed by atoms with Gasteiger partial charge in [0, 0.05) is 49.7 Å². The van der Waals surface area contributed by atoms with Crippen LogP contribution >= 0.6 is 0 Å². The SMILES string of the molecule is Cc1nn(C2CCOCC2)cc1Nc1nccc(-c2cc(C#N)c3c(c2)[C@@](C)(CO[Si](C)(C)C(C)(C)C)CN3C(=O)OC(C)(C)C)n1. The molecule has 0 radical (unpaired) electrons. The Balaban J connectivity index is 1.51. The van der Waals surface area contributed by atoms with Crippen molar-refractivity contribution in [2.45, 2.75) is 103 Å². The monoisotopic (exact) mass is 659 g/mol. The first-order valence-corrected chi connectivity index (χ1v) is 19.3. The Labute approximate surface area is 279 Å².